The standard InChI is InChI=1S/C70H136O17P2/c1-8-10-11-12-13-30-37-44-51-67(72)80-57-65(87-70(75)54-47-40-33-26-20-22-28-35-42-49-62(5)6)59-84-88(76,77)82-55-64(71)56-83-89(78,79)85-60-66(58-81-68(73)52-45-38-31-24-19-18-23-29-36-43-50-63(7)9-2)86-69(74)53-46-39-32-25-17-15-14-16-21-27-34-41-48-61(3)4/h61-66,71H,8-60H2,1-7H3,(H,76,77)(H,78,79)/t63?,64-,65+,66+/m0/s1. The van der Waals surface area contributed by atoms with E-state index in [0.717, 1.165) is 114 Å². The predicted octanol–water partition coefficient (Wildman–Crippen LogP) is 19.8. The normalized spacial score (nSPS) is 14.5. The first-order valence-corrected chi connectivity index (χ1v) is 39.4. The molecule has 0 aliphatic heterocycles. The Balaban J connectivity index is 5.24. The molecule has 17 nitrogen and oxygen atoms in total. The summed E-state index contributed by atoms with van der Waals surface area (Å²) in [5.74, 6) is 0.194. The van der Waals surface area contributed by atoms with Crippen molar-refractivity contribution in [2.75, 3.05) is 39.6 Å². The van der Waals surface area contributed by atoms with Crippen LogP contribution < -0.4 is 0 Å². The van der Waals surface area contributed by atoms with Gasteiger partial charge in [-0.15, -0.1) is 0 Å². The molecular formula is C70H136O17P2. The van der Waals surface area contributed by atoms with E-state index < -0.39 is 97.5 Å². The first kappa shape index (κ1) is 87.1. The Kier molecular flexibility index (Phi) is 59.6. The van der Waals surface area contributed by atoms with Gasteiger partial charge in [0, 0.05) is 25.7 Å². The van der Waals surface area contributed by atoms with Crippen LogP contribution >= 0.6 is 15.6 Å². The topological polar surface area (TPSA) is 237 Å². The SMILES string of the molecule is CCCCCCCCCCC(=O)OC[C@H](COP(=O)(O)OC[C@H](O)COP(=O)(O)OC[C@@H](COC(=O)CCCCCCCCCCCCC(C)CC)OC(=O)CCCCCCCCCCCCCCC(C)C)OC(=O)CCCCCCCCCCCC(C)C. The summed E-state index contributed by atoms with van der Waals surface area (Å²) < 4.78 is 68.2. The maximum Gasteiger partial charge on any atom is 0.472 e. The van der Waals surface area contributed by atoms with E-state index in [1.807, 2.05) is 0 Å². The first-order chi connectivity index (χ1) is 42.8. The van der Waals surface area contributed by atoms with Gasteiger partial charge in [-0.2, -0.15) is 0 Å². The average Bonchev–Trinajstić information content (AvgIpc) is 3.58. The van der Waals surface area contributed by atoms with Gasteiger partial charge in [-0.25, -0.2) is 9.13 Å². The summed E-state index contributed by atoms with van der Waals surface area (Å²) in [6.45, 7) is 11.8. The van der Waals surface area contributed by atoms with Gasteiger partial charge >= 0.3 is 39.5 Å². The molecule has 0 rings (SSSR count). The lowest BCUT2D eigenvalue weighted by Gasteiger charge is -2.21. The third-order valence-electron chi connectivity index (χ3n) is 16.5. The first-order valence-electron chi connectivity index (χ1n) is 36.4. The molecule has 19 heteroatoms. The molecule has 0 saturated carbocycles. The average molecular weight is 1310 g/mol. The third-order valence-corrected chi connectivity index (χ3v) is 18.4. The molecule has 0 aliphatic carbocycles. The summed E-state index contributed by atoms with van der Waals surface area (Å²) in [5.41, 5.74) is 0. The van der Waals surface area contributed by atoms with Crippen molar-refractivity contribution in [3.63, 3.8) is 0 Å². The fourth-order valence-electron chi connectivity index (χ4n) is 10.5. The summed E-state index contributed by atoms with van der Waals surface area (Å²) >= 11 is 0. The van der Waals surface area contributed by atoms with E-state index >= 15 is 0 Å². The van der Waals surface area contributed by atoms with Crippen LogP contribution in [-0.2, 0) is 65.4 Å². The molecule has 0 saturated heterocycles. The Morgan fingerprint density at radius 3 is 0.854 bits per heavy atom. The van der Waals surface area contributed by atoms with Crippen molar-refractivity contribution < 1.29 is 80.2 Å². The molecule has 0 aromatic carbocycles. The van der Waals surface area contributed by atoms with Gasteiger partial charge in [0.25, 0.3) is 0 Å². The minimum Gasteiger partial charge on any atom is -0.462 e. The number of aliphatic hydroxyl groups is 1. The third kappa shape index (κ3) is 63.2. The number of unbranched alkanes of at least 4 members (excludes halogenated alkanes) is 35. The molecule has 3 N–H and O–H groups in total. The van der Waals surface area contributed by atoms with E-state index in [-0.39, 0.29) is 25.7 Å². The molecule has 0 spiro atoms. The molecule has 0 aromatic rings. The van der Waals surface area contributed by atoms with Gasteiger partial charge in [-0.05, 0) is 43.4 Å². The van der Waals surface area contributed by atoms with Gasteiger partial charge in [0.1, 0.15) is 19.3 Å². The van der Waals surface area contributed by atoms with Crippen LogP contribution in [-0.4, -0.2) is 96.7 Å². The van der Waals surface area contributed by atoms with Gasteiger partial charge in [-0.1, -0.05) is 299 Å². The number of hydrogen-bond donors (Lipinski definition) is 3. The molecule has 0 aliphatic rings. The quantitative estimate of drug-likeness (QED) is 0.0222. The molecule has 0 bridgehead atoms. The number of phosphoric acid groups is 2. The van der Waals surface area contributed by atoms with Crippen LogP contribution in [0, 0.1) is 17.8 Å². The van der Waals surface area contributed by atoms with E-state index in [1.165, 1.54) is 154 Å². The van der Waals surface area contributed by atoms with Gasteiger partial charge in [0.15, 0.2) is 12.2 Å². The summed E-state index contributed by atoms with van der Waals surface area (Å²) in [7, 11) is -9.90. The second kappa shape index (κ2) is 61.0. The van der Waals surface area contributed by atoms with Crippen LogP contribution in [0.15, 0.2) is 0 Å². The van der Waals surface area contributed by atoms with E-state index in [1.54, 1.807) is 0 Å². The van der Waals surface area contributed by atoms with Crippen LogP contribution in [0.4, 0.5) is 0 Å². The van der Waals surface area contributed by atoms with Crippen LogP contribution in [0.1, 0.15) is 350 Å². The minimum absolute atomic E-state index is 0.105. The van der Waals surface area contributed by atoms with Gasteiger partial charge in [-0.3, -0.25) is 37.3 Å². The zero-order chi connectivity index (χ0) is 65.9. The Bertz CT molecular complexity index is 1750. The van der Waals surface area contributed by atoms with Gasteiger partial charge in [0.2, 0.25) is 0 Å². The Labute approximate surface area is 543 Å². The molecular weight excluding hydrogens is 1170 g/mol. The van der Waals surface area contributed by atoms with Gasteiger partial charge in [0.05, 0.1) is 26.4 Å². The van der Waals surface area contributed by atoms with Gasteiger partial charge < -0.3 is 33.8 Å². The monoisotopic (exact) mass is 1310 g/mol. The van der Waals surface area contributed by atoms with Crippen LogP contribution in [0.5, 0.6) is 0 Å². The van der Waals surface area contributed by atoms with Crippen LogP contribution in [0.2, 0.25) is 0 Å². The Hall–Kier alpha value is -1.94. The molecule has 6 atom stereocenters. The second-order valence-electron chi connectivity index (χ2n) is 26.5. The zero-order valence-corrected chi connectivity index (χ0v) is 59.7. The largest absolute Gasteiger partial charge is 0.472 e. The molecule has 0 aromatic heterocycles. The highest BCUT2D eigenvalue weighted by atomic mass is 31.2. The molecule has 0 heterocycles. The molecule has 0 radical (unpaired) electrons. The number of ether oxygens (including phenoxy) is 4. The van der Waals surface area contributed by atoms with Crippen molar-refractivity contribution in [3.05, 3.63) is 0 Å². The predicted molar refractivity (Wildman–Crippen MR) is 358 cm³/mol. The summed E-state index contributed by atoms with van der Waals surface area (Å²) in [6.07, 6.45) is 44.4. The Morgan fingerprint density at radius 2 is 0.573 bits per heavy atom. The maximum atomic E-state index is 13.0. The number of hydrogen-bond acceptors (Lipinski definition) is 15. The summed E-state index contributed by atoms with van der Waals surface area (Å²) in [5, 5.41) is 10.6. The van der Waals surface area contributed by atoms with Crippen molar-refractivity contribution in [1.82, 2.24) is 0 Å². The van der Waals surface area contributed by atoms with Crippen molar-refractivity contribution >= 4 is 39.5 Å². The smallest absolute Gasteiger partial charge is 0.462 e. The molecule has 89 heavy (non-hydrogen) atoms. The lowest BCUT2D eigenvalue weighted by atomic mass is 9.99. The summed E-state index contributed by atoms with van der Waals surface area (Å²) in [6, 6.07) is 0. The van der Waals surface area contributed by atoms with E-state index in [0.29, 0.717) is 25.7 Å². The minimum atomic E-state index is -4.95. The highest BCUT2D eigenvalue weighted by Gasteiger charge is 2.30. The zero-order valence-electron chi connectivity index (χ0n) is 57.9. The van der Waals surface area contributed by atoms with Crippen molar-refractivity contribution in [1.29, 1.82) is 0 Å². The Morgan fingerprint density at radius 1 is 0.326 bits per heavy atom. The van der Waals surface area contributed by atoms with Crippen molar-refractivity contribution in [2.45, 2.75) is 369 Å². The number of aliphatic hydroxyl groups excluding tert-OH is 1. The van der Waals surface area contributed by atoms with E-state index in [4.69, 9.17) is 37.0 Å². The lowest BCUT2D eigenvalue weighted by molar-refractivity contribution is -0.161. The number of phosphoric ester groups is 2. The summed E-state index contributed by atoms with van der Waals surface area (Å²) in [4.78, 5) is 72.5. The highest BCUT2D eigenvalue weighted by molar-refractivity contribution is 7.47. The fraction of sp³-hybridized carbons (Fsp3) is 0.943. The number of carbonyl (C=O) groups is 4. The van der Waals surface area contributed by atoms with E-state index in [2.05, 4.69) is 48.5 Å². The number of rotatable bonds is 68. The van der Waals surface area contributed by atoms with Crippen LogP contribution in [0.25, 0.3) is 0 Å². The fourth-order valence-corrected chi connectivity index (χ4v) is 12.1. The molecule has 0 amide bonds. The van der Waals surface area contributed by atoms with Crippen molar-refractivity contribution in [2.24, 2.45) is 17.8 Å². The highest BCUT2D eigenvalue weighted by Crippen LogP contribution is 2.45. The second-order valence-corrected chi connectivity index (χ2v) is 29.4. The lowest BCUT2D eigenvalue weighted by Crippen LogP contribution is -2.30. The maximum absolute atomic E-state index is 13.0. The van der Waals surface area contributed by atoms with Crippen molar-refractivity contribution in [3.8, 4) is 0 Å². The number of esters is 4. The molecule has 3 unspecified atom stereocenters. The number of carbonyl (C=O) groups excluding carboxylic acids is 4. The molecule has 0 fully saturated rings. The molecule has 528 valence electrons. The van der Waals surface area contributed by atoms with Crippen LogP contribution in [0.3, 0.4) is 0 Å². The van der Waals surface area contributed by atoms with E-state index in [9.17, 15) is 43.2 Å².